The van der Waals surface area contributed by atoms with Crippen LogP contribution in [0.3, 0.4) is 0 Å². The van der Waals surface area contributed by atoms with Crippen molar-refractivity contribution in [3.8, 4) is 0 Å². The second-order valence-corrected chi connectivity index (χ2v) is 13.9. The number of urea groups is 1. The zero-order chi connectivity index (χ0) is 33.7. The zero-order valence-corrected chi connectivity index (χ0v) is 28.6. The van der Waals surface area contributed by atoms with Crippen molar-refractivity contribution < 1.29 is 19.1 Å². The summed E-state index contributed by atoms with van der Waals surface area (Å²) in [7, 11) is 5.88. The molecule has 4 heterocycles. The number of hydrogen-bond donors (Lipinski definition) is 1. The van der Waals surface area contributed by atoms with Crippen LogP contribution >= 0.6 is 0 Å². The number of fused-ring (bicyclic) bond motifs is 1. The number of rotatable bonds is 7. The minimum Gasteiger partial charge on any atom is -0.444 e. The maximum Gasteiger partial charge on any atom is 0.410 e. The number of carbonyl (C=O) groups is 3. The first-order chi connectivity index (χ1) is 22.4. The van der Waals surface area contributed by atoms with Crippen LogP contribution in [-0.2, 0) is 16.6 Å². The van der Waals surface area contributed by atoms with Crippen LogP contribution in [0.15, 0.2) is 60.9 Å². The fourth-order valence-electron chi connectivity index (χ4n) is 6.42. The van der Waals surface area contributed by atoms with Crippen molar-refractivity contribution in [3.05, 3.63) is 66.5 Å². The predicted octanol–water partition coefficient (Wildman–Crippen LogP) is 5.84. The number of pyridine rings is 1. The number of ether oxygens (including phenoxy) is 1. The van der Waals surface area contributed by atoms with Gasteiger partial charge in [-0.25, -0.2) is 14.6 Å². The van der Waals surface area contributed by atoms with Gasteiger partial charge in [0.05, 0.1) is 11.6 Å². The summed E-state index contributed by atoms with van der Waals surface area (Å²) in [5, 5.41) is 3.93. The summed E-state index contributed by atoms with van der Waals surface area (Å²) in [6.07, 6.45) is 9.96. The molecule has 1 atom stereocenters. The summed E-state index contributed by atoms with van der Waals surface area (Å²) in [5.74, 6) is 0.778. The average Bonchev–Trinajstić information content (AvgIpc) is 3.42. The van der Waals surface area contributed by atoms with Crippen molar-refractivity contribution in [2.24, 2.45) is 7.05 Å². The van der Waals surface area contributed by atoms with Crippen LogP contribution in [0.25, 0.3) is 10.9 Å². The predicted molar refractivity (Wildman–Crippen MR) is 186 cm³/mol. The third kappa shape index (κ3) is 8.51. The quantitative estimate of drug-likeness (QED) is 0.325. The molecule has 0 aliphatic carbocycles. The van der Waals surface area contributed by atoms with E-state index in [2.05, 4.69) is 17.4 Å². The third-order valence-corrected chi connectivity index (χ3v) is 8.77. The number of likely N-dealkylation sites (N-methyl/N-ethyl adjacent to an activating group) is 1. The van der Waals surface area contributed by atoms with Gasteiger partial charge in [-0.3, -0.25) is 9.69 Å². The molecule has 252 valence electrons. The second-order valence-electron chi connectivity index (χ2n) is 13.9. The molecule has 0 bridgehead atoms. The summed E-state index contributed by atoms with van der Waals surface area (Å²) in [6.45, 7) is 8.50. The first-order valence-corrected chi connectivity index (χ1v) is 16.6. The molecule has 11 heteroatoms. The molecule has 4 amide bonds. The van der Waals surface area contributed by atoms with E-state index < -0.39 is 5.60 Å². The van der Waals surface area contributed by atoms with E-state index in [1.54, 1.807) is 17.2 Å². The summed E-state index contributed by atoms with van der Waals surface area (Å²) < 4.78 is 7.70. The van der Waals surface area contributed by atoms with E-state index in [9.17, 15) is 14.4 Å². The molecule has 1 N–H and O–H groups in total. The normalized spacial score (nSPS) is 17.8. The molecule has 2 aliphatic rings. The fraction of sp³-hybridized carbons (Fsp3) is 0.500. The lowest BCUT2D eigenvalue weighted by Crippen LogP contribution is -2.57. The Morgan fingerprint density at radius 1 is 1.00 bits per heavy atom. The summed E-state index contributed by atoms with van der Waals surface area (Å²) in [4.78, 5) is 52.1. The molecule has 0 radical (unpaired) electrons. The Kier molecular flexibility index (Phi) is 10.5. The van der Waals surface area contributed by atoms with Gasteiger partial charge >= 0.3 is 12.1 Å². The average molecular weight is 644 g/mol. The highest BCUT2D eigenvalue weighted by Crippen LogP contribution is 2.33. The van der Waals surface area contributed by atoms with Crippen LogP contribution in [0.2, 0.25) is 0 Å². The molecule has 1 aromatic carbocycles. The number of amides is 4. The molecular formula is C36H49N7O4. The highest BCUT2D eigenvalue weighted by Gasteiger charge is 2.38. The Morgan fingerprint density at radius 3 is 2.40 bits per heavy atom. The van der Waals surface area contributed by atoms with Crippen molar-refractivity contribution >= 4 is 40.4 Å². The largest absolute Gasteiger partial charge is 0.444 e. The summed E-state index contributed by atoms with van der Waals surface area (Å²) >= 11 is 0. The van der Waals surface area contributed by atoms with Crippen LogP contribution in [0.1, 0.15) is 57.9 Å². The highest BCUT2D eigenvalue weighted by molar-refractivity contribution is 6.01. The monoisotopic (exact) mass is 643 g/mol. The molecule has 0 spiro atoms. The van der Waals surface area contributed by atoms with Gasteiger partial charge in [-0.15, -0.1) is 0 Å². The van der Waals surface area contributed by atoms with Crippen molar-refractivity contribution in [1.82, 2.24) is 24.3 Å². The first-order valence-electron chi connectivity index (χ1n) is 16.6. The van der Waals surface area contributed by atoms with Gasteiger partial charge in [0.2, 0.25) is 5.91 Å². The van der Waals surface area contributed by atoms with Crippen LogP contribution in [0, 0.1) is 0 Å². The van der Waals surface area contributed by atoms with Gasteiger partial charge in [-0.05, 0) is 96.3 Å². The maximum atomic E-state index is 14.5. The number of nitrogens with one attached hydrogen (secondary N) is 1. The van der Waals surface area contributed by atoms with E-state index in [1.807, 2.05) is 97.7 Å². The van der Waals surface area contributed by atoms with E-state index in [0.29, 0.717) is 44.5 Å². The van der Waals surface area contributed by atoms with Gasteiger partial charge in [0.1, 0.15) is 5.60 Å². The minimum absolute atomic E-state index is 0.0823. The van der Waals surface area contributed by atoms with E-state index >= 15 is 0 Å². The van der Waals surface area contributed by atoms with Gasteiger partial charge in [0, 0.05) is 69.3 Å². The van der Waals surface area contributed by atoms with Crippen molar-refractivity contribution in [3.63, 3.8) is 0 Å². The standard InChI is InChI=1S/C36H49N7O4/c1-36(2,3)47-35(46)42-21-7-9-30(25-42)43(33-32-28(15-19-37-33)16-22-40(32)6)34(45)41-23-17-27(18-24-41)26-11-13-29(14-12-26)38-31(44)10-8-20-39(4)5/h8,10-16,19,22,27,30H,7,9,17-18,20-21,23-25H2,1-6H3,(H,38,44)/b10-8+/t30-/m0/s1. The number of piperidine rings is 2. The van der Waals surface area contributed by atoms with E-state index in [1.165, 1.54) is 5.56 Å². The van der Waals surface area contributed by atoms with E-state index in [4.69, 9.17) is 9.72 Å². The maximum absolute atomic E-state index is 14.5. The van der Waals surface area contributed by atoms with Gasteiger partial charge in [-0.2, -0.15) is 0 Å². The summed E-state index contributed by atoms with van der Waals surface area (Å²) in [5.41, 5.74) is 2.25. The number of likely N-dealkylation sites (tertiary alicyclic amines) is 2. The van der Waals surface area contributed by atoms with Crippen molar-refractivity contribution in [2.45, 2.75) is 64.0 Å². The Hall–Kier alpha value is -4.38. The van der Waals surface area contributed by atoms with Gasteiger partial charge < -0.3 is 29.3 Å². The van der Waals surface area contributed by atoms with Crippen molar-refractivity contribution in [1.29, 1.82) is 0 Å². The highest BCUT2D eigenvalue weighted by atomic mass is 16.6. The Balaban J connectivity index is 1.29. The SMILES string of the molecule is CN(C)C/C=C/C(=O)Nc1ccc(C2CCN(C(=O)N(c3nccc4ccn(C)c34)[C@H]3CCCN(C(=O)OC(C)(C)C)C3)CC2)cc1. The lowest BCUT2D eigenvalue weighted by Gasteiger charge is -2.42. The molecule has 47 heavy (non-hydrogen) atoms. The third-order valence-electron chi connectivity index (χ3n) is 8.77. The molecule has 0 saturated carbocycles. The number of hydrogen-bond acceptors (Lipinski definition) is 6. The number of nitrogens with zero attached hydrogens (tertiary/aromatic N) is 6. The smallest absolute Gasteiger partial charge is 0.410 e. The lowest BCUT2D eigenvalue weighted by molar-refractivity contribution is -0.111. The van der Waals surface area contributed by atoms with Crippen LogP contribution in [-0.4, -0.2) is 101 Å². The van der Waals surface area contributed by atoms with Gasteiger partial charge in [-0.1, -0.05) is 18.2 Å². The van der Waals surface area contributed by atoms with Gasteiger partial charge in [0.15, 0.2) is 5.82 Å². The minimum atomic E-state index is -0.600. The van der Waals surface area contributed by atoms with Gasteiger partial charge in [0.25, 0.3) is 0 Å². The molecule has 2 fully saturated rings. The number of anilines is 2. The summed E-state index contributed by atoms with van der Waals surface area (Å²) in [6, 6.07) is 11.7. The first kappa shape index (κ1) is 34.0. The molecule has 11 nitrogen and oxygen atoms in total. The molecule has 0 unspecified atom stereocenters. The van der Waals surface area contributed by atoms with Crippen LogP contribution < -0.4 is 10.2 Å². The molecule has 5 rings (SSSR count). The molecule has 2 aromatic heterocycles. The Bertz CT molecular complexity index is 1580. The molecular weight excluding hydrogens is 594 g/mol. The number of carbonyl (C=O) groups excluding carboxylic acids is 3. The van der Waals surface area contributed by atoms with Crippen molar-refractivity contribution in [2.75, 3.05) is 57.0 Å². The number of benzene rings is 1. The number of aromatic nitrogens is 2. The topological polar surface area (TPSA) is 103 Å². The molecule has 2 saturated heterocycles. The van der Waals surface area contributed by atoms with Crippen LogP contribution in [0.4, 0.5) is 21.1 Å². The van der Waals surface area contributed by atoms with E-state index in [0.717, 1.165) is 42.3 Å². The zero-order valence-electron chi connectivity index (χ0n) is 28.6. The Labute approximate surface area is 278 Å². The lowest BCUT2D eigenvalue weighted by atomic mass is 9.89. The fourth-order valence-corrected chi connectivity index (χ4v) is 6.42. The van der Waals surface area contributed by atoms with E-state index in [-0.39, 0.29) is 24.1 Å². The second kappa shape index (κ2) is 14.6. The Morgan fingerprint density at radius 2 is 1.72 bits per heavy atom. The number of aryl methyl sites for hydroxylation is 1. The van der Waals surface area contributed by atoms with Crippen LogP contribution in [0.5, 0.6) is 0 Å². The molecule has 2 aliphatic heterocycles. The molecule has 3 aromatic rings.